The van der Waals surface area contributed by atoms with Gasteiger partial charge in [-0.2, -0.15) is 0 Å². The molecule has 0 radical (unpaired) electrons. The van der Waals surface area contributed by atoms with E-state index in [1.165, 1.54) is 13.2 Å². The topological polar surface area (TPSA) is 34.4 Å². The number of ether oxygens (including phenoxy) is 1. The molecule has 0 saturated heterocycles. The highest BCUT2D eigenvalue weighted by Gasteiger charge is 2.18. The number of nitrogens with one attached hydrogen (secondary N) is 1. The summed E-state index contributed by atoms with van der Waals surface area (Å²) in [4.78, 5) is 0. The number of hydrogen-bond donors (Lipinski definition) is 1. The fraction of sp³-hybridized carbons (Fsp3) is 0.231. The number of hydrogen-bond acceptors (Lipinski definition) is 3. The molecule has 1 aromatic heterocycles. The molecular weight excluding hydrogens is 301 g/mol. The Bertz CT molecular complexity index is 542. The first-order valence-corrected chi connectivity index (χ1v) is 6.20. The van der Waals surface area contributed by atoms with Gasteiger partial charge in [0.05, 0.1) is 19.4 Å². The van der Waals surface area contributed by atoms with E-state index in [2.05, 4.69) is 21.2 Å². The van der Waals surface area contributed by atoms with Crippen molar-refractivity contribution in [1.29, 1.82) is 0 Å². The first kappa shape index (κ1) is 13.1. The maximum Gasteiger partial charge on any atom is 0.174 e. The lowest BCUT2D eigenvalue weighted by molar-refractivity contribution is 0.386. The summed E-state index contributed by atoms with van der Waals surface area (Å²) in [5, 5.41) is 3.13. The first-order valence-electron chi connectivity index (χ1n) is 5.41. The monoisotopic (exact) mass is 313 g/mol. The molecule has 0 bridgehead atoms. The van der Waals surface area contributed by atoms with Crippen LogP contribution in [0.3, 0.4) is 0 Å². The van der Waals surface area contributed by atoms with E-state index in [0.29, 0.717) is 4.67 Å². The van der Waals surface area contributed by atoms with E-state index in [-0.39, 0.29) is 17.6 Å². The molecule has 2 aromatic rings. The number of halogens is 2. The lowest BCUT2D eigenvalue weighted by atomic mass is 10.0. The fourth-order valence-corrected chi connectivity index (χ4v) is 2.34. The smallest absolute Gasteiger partial charge is 0.174 e. The van der Waals surface area contributed by atoms with E-state index in [4.69, 9.17) is 9.15 Å². The molecule has 1 unspecified atom stereocenters. The van der Waals surface area contributed by atoms with Crippen molar-refractivity contribution in [3.63, 3.8) is 0 Å². The molecule has 5 heteroatoms. The van der Waals surface area contributed by atoms with Crippen molar-refractivity contribution in [2.45, 2.75) is 6.04 Å². The van der Waals surface area contributed by atoms with Crippen LogP contribution in [0, 0.1) is 5.82 Å². The van der Waals surface area contributed by atoms with Crippen LogP contribution in [0.25, 0.3) is 0 Å². The zero-order valence-corrected chi connectivity index (χ0v) is 11.6. The second-order valence-electron chi connectivity index (χ2n) is 3.77. The van der Waals surface area contributed by atoms with Gasteiger partial charge in [0.1, 0.15) is 0 Å². The molecule has 2 rings (SSSR count). The maximum atomic E-state index is 13.7. The van der Waals surface area contributed by atoms with Crippen LogP contribution in [0.5, 0.6) is 5.75 Å². The van der Waals surface area contributed by atoms with Crippen LogP contribution in [-0.4, -0.2) is 14.2 Å². The second kappa shape index (κ2) is 5.54. The van der Waals surface area contributed by atoms with Gasteiger partial charge in [0.15, 0.2) is 16.2 Å². The average molecular weight is 314 g/mol. The quantitative estimate of drug-likeness (QED) is 0.938. The number of benzene rings is 1. The summed E-state index contributed by atoms with van der Waals surface area (Å²) >= 11 is 3.33. The largest absolute Gasteiger partial charge is 0.494 e. The standard InChI is InChI=1S/C13H13BrFNO2/c1-16-12(9-5-6-18-13(9)14)8-3-4-11(17-2)10(15)7-8/h3-7,12,16H,1-2H3. The summed E-state index contributed by atoms with van der Waals surface area (Å²) in [5.74, 6) is -0.144. The van der Waals surface area contributed by atoms with Crippen molar-refractivity contribution in [3.05, 3.63) is 52.1 Å². The summed E-state index contributed by atoms with van der Waals surface area (Å²) < 4.78 is 24.4. The Morgan fingerprint density at radius 2 is 2.17 bits per heavy atom. The summed E-state index contributed by atoms with van der Waals surface area (Å²) in [6.07, 6.45) is 1.59. The van der Waals surface area contributed by atoms with Gasteiger partial charge in [-0.25, -0.2) is 4.39 Å². The molecular formula is C13H13BrFNO2. The molecule has 1 atom stereocenters. The Hall–Kier alpha value is -1.33. The molecule has 0 spiro atoms. The molecule has 0 aliphatic heterocycles. The third-order valence-electron chi connectivity index (χ3n) is 2.75. The van der Waals surface area contributed by atoms with Crippen LogP contribution in [0.2, 0.25) is 0 Å². The van der Waals surface area contributed by atoms with Gasteiger partial charge in [-0.05, 0) is 46.7 Å². The fourth-order valence-electron chi connectivity index (χ4n) is 1.87. The van der Waals surface area contributed by atoms with E-state index >= 15 is 0 Å². The molecule has 3 nitrogen and oxygen atoms in total. The van der Waals surface area contributed by atoms with Crippen molar-refractivity contribution in [3.8, 4) is 5.75 Å². The van der Waals surface area contributed by atoms with E-state index in [1.54, 1.807) is 12.3 Å². The van der Waals surface area contributed by atoms with Crippen LogP contribution < -0.4 is 10.1 Å². The van der Waals surface area contributed by atoms with Crippen LogP contribution in [-0.2, 0) is 0 Å². The summed E-state index contributed by atoms with van der Waals surface area (Å²) in [6.45, 7) is 0. The second-order valence-corrected chi connectivity index (χ2v) is 4.49. The van der Waals surface area contributed by atoms with Gasteiger partial charge < -0.3 is 14.5 Å². The molecule has 96 valence electrons. The van der Waals surface area contributed by atoms with Crippen molar-refractivity contribution in [2.75, 3.05) is 14.2 Å². The molecule has 1 heterocycles. The predicted molar refractivity (Wildman–Crippen MR) is 70.3 cm³/mol. The molecule has 1 aromatic carbocycles. The Balaban J connectivity index is 2.40. The lowest BCUT2D eigenvalue weighted by Crippen LogP contribution is -2.17. The van der Waals surface area contributed by atoms with E-state index in [0.717, 1.165) is 11.1 Å². The van der Waals surface area contributed by atoms with Crippen LogP contribution in [0.15, 0.2) is 39.6 Å². The molecule has 1 N–H and O–H groups in total. The van der Waals surface area contributed by atoms with Gasteiger partial charge in [0.25, 0.3) is 0 Å². The highest BCUT2D eigenvalue weighted by Crippen LogP contribution is 2.31. The highest BCUT2D eigenvalue weighted by molar-refractivity contribution is 9.10. The van der Waals surface area contributed by atoms with Crippen molar-refractivity contribution in [1.82, 2.24) is 5.32 Å². The summed E-state index contributed by atoms with van der Waals surface area (Å²) in [7, 11) is 3.26. The molecule has 0 saturated carbocycles. The molecule has 0 aliphatic rings. The summed E-state index contributed by atoms with van der Waals surface area (Å²) in [5.41, 5.74) is 1.72. The van der Waals surface area contributed by atoms with Gasteiger partial charge in [0, 0.05) is 5.56 Å². The molecule has 0 aliphatic carbocycles. The highest BCUT2D eigenvalue weighted by atomic mass is 79.9. The Kier molecular flexibility index (Phi) is 4.04. The number of rotatable bonds is 4. The van der Waals surface area contributed by atoms with Gasteiger partial charge in [-0.3, -0.25) is 0 Å². The Morgan fingerprint density at radius 3 is 2.67 bits per heavy atom. The Labute approximate surface area is 113 Å². The number of furan rings is 1. The van der Waals surface area contributed by atoms with E-state index in [1.807, 2.05) is 19.2 Å². The normalized spacial score (nSPS) is 12.4. The minimum atomic E-state index is -0.380. The molecule has 0 fully saturated rings. The molecule has 0 amide bonds. The van der Waals surface area contributed by atoms with Crippen molar-refractivity contribution >= 4 is 15.9 Å². The predicted octanol–water partition coefficient (Wildman–Crippen LogP) is 3.50. The van der Waals surface area contributed by atoms with Crippen molar-refractivity contribution in [2.24, 2.45) is 0 Å². The molecule has 18 heavy (non-hydrogen) atoms. The van der Waals surface area contributed by atoms with Crippen LogP contribution in [0.4, 0.5) is 4.39 Å². The Morgan fingerprint density at radius 1 is 1.39 bits per heavy atom. The zero-order valence-electron chi connectivity index (χ0n) is 10.0. The van der Waals surface area contributed by atoms with Gasteiger partial charge in [-0.1, -0.05) is 6.07 Å². The van der Waals surface area contributed by atoms with E-state index in [9.17, 15) is 4.39 Å². The lowest BCUT2D eigenvalue weighted by Gasteiger charge is -2.16. The minimum absolute atomic E-state index is 0.140. The average Bonchev–Trinajstić information content (AvgIpc) is 2.77. The van der Waals surface area contributed by atoms with Gasteiger partial charge >= 0.3 is 0 Å². The SMILES string of the molecule is CNC(c1ccc(OC)c(F)c1)c1ccoc1Br. The number of methoxy groups -OCH3 is 1. The minimum Gasteiger partial charge on any atom is -0.494 e. The van der Waals surface area contributed by atoms with Gasteiger partial charge in [-0.15, -0.1) is 0 Å². The first-order chi connectivity index (χ1) is 8.67. The zero-order chi connectivity index (χ0) is 13.1. The summed E-state index contributed by atoms with van der Waals surface area (Å²) in [6, 6.07) is 6.59. The van der Waals surface area contributed by atoms with Crippen molar-refractivity contribution < 1.29 is 13.5 Å². The van der Waals surface area contributed by atoms with E-state index < -0.39 is 0 Å². The third-order valence-corrected chi connectivity index (χ3v) is 3.40. The van der Waals surface area contributed by atoms with Crippen LogP contribution in [0.1, 0.15) is 17.2 Å². The van der Waals surface area contributed by atoms with Gasteiger partial charge in [0.2, 0.25) is 0 Å². The van der Waals surface area contributed by atoms with Crippen LogP contribution >= 0.6 is 15.9 Å². The maximum absolute atomic E-state index is 13.7. The third kappa shape index (κ3) is 2.42.